The topological polar surface area (TPSA) is 45.5 Å². The Kier molecular flexibility index (Phi) is 4.55. The molecule has 0 saturated carbocycles. The highest BCUT2D eigenvalue weighted by Crippen LogP contribution is 2.16. The molecule has 1 aromatic rings. The van der Waals surface area contributed by atoms with Gasteiger partial charge in [-0.1, -0.05) is 6.92 Å². The van der Waals surface area contributed by atoms with Gasteiger partial charge in [0, 0.05) is 26.0 Å². The van der Waals surface area contributed by atoms with E-state index in [0.29, 0.717) is 19.5 Å². The first kappa shape index (κ1) is 12.8. The highest BCUT2D eigenvalue weighted by molar-refractivity contribution is 5.75. The number of aromatic nitrogens is 1. The Morgan fingerprint density at radius 1 is 1.56 bits per heavy atom. The highest BCUT2D eigenvalue weighted by Gasteiger charge is 2.10. The van der Waals surface area contributed by atoms with Gasteiger partial charge in [0.25, 0.3) is 0 Å². The van der Waals surface area contributed by atoms with Crippen molar-refractivity contribution in [1.29, 1.82) is 0 Å². The quantitative estimate of drug-likeness (QED) is 0.822. The van der Waals surface area contributed by atoms with Crippen molar-refractivity contribution < 1.29 is 9.90 Å². The number of nitrogens with zero attached hydrogens (tertiary/aromatic N) is 2. The molecular weight excluding hydrogens is 204 g/mol. The van der Waals surface area contributed by atoms with Gasteiger partial charge in [0.15, 0.2) is 0 Å². The van der Waals surface area contributed by atoms with E-state index in [4.69, 9.17) is 0 Å². The van der Waals surface area contributed by atoms with Crippen LogP contribution < -0.4 is 0 Å². The molecule has 16 heavy (non-hydrogen) atoms. The van der Waals surface area contributed by atoms with Crippen LogP contribution in [0.5, 0.6) is 0 Å². The van der Waals surface area contributed by atoms with Gasteiger partial charge in [-0.05, 0) is 25.0 Å². The molecule has 0 aliphatic rings. The molecule has 1 heterocycles. The van der Waals surface area contributed by atoms with Crippen molar-refractivity contribution in [2.24, 2.45) is 0 Å². The molecule has 0 spiro atoms. The lowest BCUT2D eigenvalue weighted by Crippen LogP contribution is -2.29. The van der Waals surface area contributed by atoms with Crippen molar-refractivity contribution >= 4 is 5.91 Å². The molecule has 4 heteroatoms. The van der Waals surface area contributed by atoms with Crippen LogP contribution in [0.15, 0.2) is 18.5 Å². The zero-order valence-corrected chi connectivity index (χ0v) is 10.2. The smallest absolute Gasteiger partial charge is 0.242 e. The molecule has 0 aliphatic carbocycles. The van der Waals surface area contributed by atoms with Gasteiger partial charge < -0.3 is 14.6 Å². The summed E-state index contributed by atoms with van der Waals surface area (Å²) in [5, 5.41) is 9.62. The van der Waals surface area contributed by atoms with Crippen LogP contribution in [0.1, 0.15) is 31.9 Å². The standard InChI is InChI=1S/C12H20N2O2/c1-4-11(15)10-6-7-14(8-10)9-12(16)13(3)5-2/h6-8,11,15H,4-5,9H2,1-3H3. The summed E-state index contributed by atoms with van der Waals surface area (Å²) in [7, 11) is 1.79. The van der Waals surface area contributed by atoms with Crippen LogP contribution >= 0.6 is 0 Å². The molecule has 4 nitrogen and oxygen atoms in total. The summed E-state index contributed by atoms with van der Waals surface area (Å²) in [6.45, 7) is 4.92. The molecule has 0 fully saturated rings. The first-order valence-corrected chi connectivity index (χ1v) is 5.66. The van der Waals surface area contributed by atoms with E-state index in [1.807, 2.05) is 36.9 Å². The fourth-order valence-corrected chi connectivity index (χ4v) is 1.44. The Labute approximate surface area is 96.5 Å². The molecule has 0 saturated heterocycles. The summed E-state index contributed by atoms with van der Waals surface area (Å²) in [5.41, 5.74) is 0.870. The second kappa shape index (κ2) is 5.70. The number of hydrogen-bond donors (Lipinski definition) is 1. The number of aliphatic hydroxyl groups excluding tert-OH is 1. The average molecular weight is 224 g/mol. The molecular formula is C12H20N2O2. The molecule has 0 bridgehead atoms. The van der Waals surface area contributed by atoms with E-state index >= 15 is 0 Å². The molecule has 1 rings (SSSR count). The van der Waals surface area contributed by atoms with E-state index in [0.717, 1.165) is 5.56 Å². The maximum Gasteiger partial charge on any atom is 0.242 e. The van der Waals surface area contributed by atoms with E-state index in [-0.39, 0.29) is 5.91 Å². The minimum atomic E-state index is -0.430. The predicted octanol–water partition coefficient (Wildman–Crippen LogP) is 1.41. The number of carbonyl (C=O) groups is 1. The lowest BCUT2D eigenvalue weighted by molar-refractivity contribution is -0.130. The third kappa shape index (κ3) is 3.10. The third-order valence-electron chi connectivity index (χ3n) is 2.76. The van der Waals surface area contributed by atoms with Gasteiger partial charge in [-0.2, -0.15) is 0 Å². The van der Waals surface area contributed by atoms with E-state index < -0.39 is 6.10 Å². The van der Waals surface area contributed by atoms with Crippen molar-refractivity contribution in [2.75, 3.05) is 13.6 Å². The highest BCUT2D eigenvalue weighted by atomic mass is 16.3. The van der Waals surface area contributed by atoms with E-state index in [1.165, 1.54) is 0 Å². The Bertz CT molecular complexity index is 347. The van der Waals surface area contributed by atoms with Crippen LogP contribution in [0.2, 0.25) is 0 Å². The monoisotopic (exact) mass is 224 g/mol. The van der Waals surface area contributed by atoms with Crippen molar-refractivity contribution in [3.63, 3.8) is 0 Å². The molecule has 0 radical (unpaired) electrons. The van der Waals surface area contributed by atoms with Crippen LogP contribution in [0.3, 0.4) is 0 Å². The molecule has 90 valence electrons. The lowest BCUT2D eigenvalue weighted by atomic mass is 10.1. The molecule has 0 aromatic carbocycles. The van der Waals surface area contributed by atoms with E-state index in [1.54, 1.807) is 11.9 Å². The van der Waals surface area contributed by atoms with Crippen LogP contribution in [0.4, 0.5) is 0 Å². The fourth-order valence-electron chi connectivity index (χ4n) is 1.44. The number of aliphatic hydroxyl groups is 1. The van der Waals surface area contributed by atoms with Crippen molar-refractivity contribution in [3.05, 3.63) is 24.0 Å². The molecule has 1 atom stereocenters. The summed E-state index contributed by atoms with van der Waals surface area (Å²) >= 11 is 0. The lowest BCUT2D eigenvalue weighted by Gasteiger charge is -2.14. The number of hydrogen-bond acceptors (Lipinski definition) is 2. The predicted molar refractivity (Wildman–Crippen MR) is 63.0 cm³/mol. The zero-order valence-electron chi connectivity index (χ0n) is 10.2. The van der Waals surface area contributed by atoms with Crippen molar-refractivity contribution in [1.82, 2.24) is 9.47 Å². The van der Waals surface area contributed by atoms with Gasteiger partial charge in [-0.25, -0.2) is 0 Å². The van der Waals surface area contributed by atoms with Gasteiger partial charge >= 0.3 is 0 Å². The molecule has 1 amide bonds. The Hall–Kier alpha value is -1.29. The first-order valence-electron chi connectivity index (χ1n) is 5.66. The molecule has 1 aromatic heterocycles. The summed E-state index contributed by atoms with van der Waals surface area (Å²) in [6, 6.07) is 1.85. The Balaban J connectivity index is 2.62. The Morgan fingerprint density at radius 3 is 2.81 bits per heavy atom. The molecule has 1 unspecified atom stereocenters. The number of amides is 1. The zero-order chi connectivity index (χ0) is 12.1. The summed E-state index contributed by atoms with van der Waals surface area (Å²) in [4.78, 5) is 13.3. The fraction of sp³-hybridized carbons (Fsp3) is 0.583. The van der Waals surface area contributed by atoms with E-state index in [9.17, 15) is 9.90 Å². The number of carbonyl (C=O) groups excluding carboxylic acids is 1. The minimum Gasteiger partial charge on any atom is -0.388 e. The normalized spacial score (nSPS) is 12.5. The third-order valence-corrected chi connectivity index (χ3v) is 2.76. The minimum absolute atomic E-state index is 0.0793. The summed E-state index contributed by atoms with van der Waals surface area (Å²) in [5.74, 6) is 0.0793. The summed E-state index contributed by atoms with van der Waals surface area (Å²) in [6.07, 6.45) is 3.91. The van der Waals surface area contributed by atoms with Crippen LogP contribution in [0, 0.1) is 0 Å². The largest absolute Gasteiger partial charge is 0.388 e. The van der Waals surface area contributed by atoms with Crippen LogP contribution in [-0.2, 0) is 11.3 Å². The van der Waals surface area contributed by atoms with Gasteiger partial charge in [-0.15, -0.1) is 0 Å². The Morgan fingerprint density at radius 2 is 2.25 bits per heavy atom. The van der Waals surface area contributed by atoms with E-state index in [2.05, 4.69) is 0 Å². The number of rotatable bonds is 5. The van der Waals surface area contributed by atoms with Gasteiger partial charge in [0.1, 0.15) is 6.54 Å². The van der Waals surface area contributed by atoms with Crippen LogP contribution in [-0.4, -0.2) is 34.1 Å². The second-order valence-corrected chi connectivity index (χ2v) is 3.95. The first-order chi connectivity index (χ1) is 7.58. The van der Waals surface area contributed by atoms with Crippen LogP contribution in [0.25, 0.3) is 0 Å². The average Bonchev–Trinajstić information content (AvgIpc) is 2.75. The molecule has 0 aliphatic heterocycles. The van der Waals surface area contributed by atoms with Gasteiger partial charge in [0.05, 0.1) is 6.10 Å². The van der Waals surface area contributed by atoms with Crippen molar-refractivity contribution in [2.45, 2.75) is 32.9 Å². The van der Waals surface area contributed by atoms with Crippen molar-refractivity contribution in [3.8, 4) is 0 Å². The maximum absolute atomic E-state index is 11.6. The second-order valence-electron chi connectivity index (χ2n) is 3.95. The maximum atomic E-state index is 11.6. The number of likely N-dealkylation sites (N-methyl/N-ethyl adjacent to an activating group) is 1. The van der Waals surface area contributed by atoms with Gasteiger partial charge in [-0.3, -0.25) is 4.79 Å². The van der Waals surface area contributed by atoms with Gasteiger partial charge in [0.2, 0.25) is 5.91 Å². The molecule has 1 N–H and O–H groups in total. The summed E-state index contributed by atoms with van der Waals surface area (Å²) < 4.78 is 1.81. The SMILES string of the molecule is CCC(O)c1ccn(CC(=O)N(C)CC)c1.